The summed E-state index contributed by atoms with van der Waals surface area (Å²) in [5.74, 6) is 3.90. The van der Waals surface area contributed by atoms with E-state index in [4.69, 9.17) is 30.5 Å². The summed E-state index contributed by atoms with van der Waals surface area (Å²) in [5, 5.41) is 1.15. The molecule has 5 nitrogen and oxygen atoms in total. The van der Waals surface area contributed by atoms with E-state index in [9.17, 15) is 4.79 Å². The standard InChI is InChI=1S/C38H60ClO5P.Li.H/c1-8-14-18-28(11-4)25-42-31-23-34(43-26-29(12-5)19-15-9-2)37(35(24-31)44-27-30(13-6)20-16-10-3)45-38(40)36-32(39)21-17-22-33(36)41-7;;/h17,21-24,28-30,45H,8-16,18-20,25-27H2,1-7H3;;. The predicted molar refractivity (Wildman–Crippen MR) is 200 cm³/mol. The summed E-state index contributed by atoms with van der Waals surface area (Å²) in [6.07, 6.45) is 13.6. The number of hydrogen-bond acceptors (Lipinski definition) is 5. The van der Waals surface area contributed by atoms with Gasteiger partial charge in [0.15, 0.2) is 5.52 Å². The molecule has 0 fully saturated rings. The zero-order valence-corrected chi connectivity index (χ0v) is 30.9. The molecule has 2 aromatic carbocycles. The van der Waals surface area contributed by atoms with Gasteiger partial charge in [-0.3, -0.25) is 4.79 Å². The first-order valence-corrected chi connectivity index (χ1v) is 18.9. The normalized spacial score (nSPS) is 13.2. The quantitative estimate of drug-likeness (QED) is 0.0777. The maximum absolute atomic E-state index is 13.9. The Morgan fingerprint density at radius 3 is 1.59 bits per heavy atom. The summed E-state index contributed by atoms with van der Waals surface area (Å²) in [6, 6.07) is 9.24. The van der Waals surface area contributed by atoms with E-state index < -0.39 is 0 Å². The van der Waals surface area contributed by atoms with Crippen molar-refractivity contribution in [2.45, 2.75) is 119 Å². The number of halogens is 1. The molecule has 0 aliphatic heterocycles. The van der Waals surface area contributed by atoms with E-state index in [1.165, 1.54) is 25.7 Å². The number of methoxy groups -OCH3 is 1. The Bertz CT molecular complexity index is 1090. The Hall–Kier alpha value is -1.37. The van der Waals surface area contributed by atoms with Crippen LogP contribution in [-0.2, 0) is 0 Å². The summed E-state index contributed by atoms with van der Waals surface area (Å²) in [4.78, 5) is 13.9. The second-order valence-electron chi connectivity index (χ2n) is 12.2. The van der Waals surface area contributed by atoms with Gasteiger partial charge in [-0.25, -0.2) is 0 Å². The molecule has 0 N–H and O–H groups in total. The maximum atomic E-state index is 13.9. The predicted octanol–water partition coefficient (Wildman–Crippen LogP) is 10.6. The number of benzene rings is 2. The Balaban J connectivity index is 0.0000106. The van der Waals surface area contributed by atoms with Gasteiger partial charge in [0.05, 0.1) is 42.8 Å². The van der Waals surface area contributed by atoms with Gasteiger partial charge in [0, 0.05) is 12.1 Å². The number of carbonyl (C=O) groups is 1. The van der Waals surface area contributed by atoms with E-state index >= 15 is 0 Å². The van der Waals surface area contributed by atoms with Crippen LogP contribution in [0.2, 0.25) is 5.02 Å². The second kappa shape index (κ2) is 24.7. The molecule has 2 rings (SSSR count). The molecule has 0 heterocycles. The van der Waals surface area contributed by atoms with E-state index in [1.807, 2.05) is 12.1 Å². The number of hydrogen-bond donors (Lipinski definition) is 0. The average molecular weight is 671 g/mol. The molecule has 0 spiro atoms. The van der Waals surface area contributed by atoms with Crippen LogP contribution in [0.3, 0.4) is 0 Å². The van der Waals surface area contributed by atoms with Crippen molar-refractivity contribution >= 4 is 49.9 Å². The molecule has 0 bridgehead atoms. The fourth-order valence-electron chi connectivity index (χ4n) is 5.39. The van der Waals surface area contributed by atoms with Crippen LogP contribution in [0.5, 0.6) is 23.0 Å². The molecule has 0 amide bonds. The first-order chi connectivity index (χ1) is 21.8. The van der Waals surface area contributed by atoms with Gasteiger partial charge in [0.2, 0.25) is 0 Å². The van der Waals surface area contributed by atoms with Crippen LogP contribution in [0.1, 0.15) is 129 Å². The van der Waals surface area contributed by atoms with E-state index in [0.717, 1.165) is 62.4 Å². The number of carbonyl (C=O) groups excluding carboxylic acids is 1. The van der Waals surface area contributed by atoms with Crippen molar-refractivity contribution in [2.75, 3.05) is 26.9 Å². The third kappa shape index (κ3) is 14.4. The van der Waals surface area contributed by atoms with E-state index in [-0.39, 0.29) is 33.0 Å². The molecule has 256 valence electrons. The van der Waals surface area contributed by atoms with Crippen LogP contribution < -0.4 is 24.3 Å². The molecule has 8 heteroatoms. The summed E-state index contributed by atoms with van der Waals surface area (Å²) >= 11 is 6.56. The van der Waals surface area contributed by atoms with Gasteiger partial charge in [-0.2, -0.15) is 0 Å². The molecular weight excluding hydrogens is 610 g/mol. The van der Waals surface area contributed by atoms with Gasteiger partial charge in [-0.05, 0) is 57.7 Å². The molecule has 46 heavy (non-hydrogen) atoms. The summed E-state index contributed by atoms with van der Waals surface area (Å²) in [6.45, 7) is 15.2. The van der Waals surface area contributed by atoms with Crippen LogP contribution >= 0.6 is 20.2 Å². The SMILES string of the molecule is CCCCC(CC)COc1cc(OCC(CC)CCCC)c(PC(=O)c2c(Cl)cccc2OC)c(OCC(CC)CCCC)c1.[LiH]. The van der Waals surface area contributed by atoms with Crippen molar-refractivity contribution in [1.82, 2.24) is 0 Å². The number of unbranched alkanes of at least 4 members (excludes halogenated alkanes) is 3. The van der Waals surface area contributed by atoms with Crippen LogP contribution in [0.25, 0.3) is 0 Å². The fraction of sp³-hybridized carbons (Fsp3) is 0.658. The van der Waals surface area contributed by atoms with Crippen LogP contribution in [0, 0.1) is 17.8 Å². The molecular formula is C38H61ClLiO5P. The van der Waals surface area contributed by atoms with Gasteiger partial charge in [0.25, 0.3) is 0 Å². The molecule has 0 saturated heterocycles. The third-order valence-corrected chi connectivity index (χ3v) is 10.3. The summed E-state index contributed by atoms with van der Waals surface area (Å²) < 4.78 is 25.2. The Morgan fingerprint density at radius 2 is 1.17 bits per heavy atom. The van der Waals surface area contributed by atoms with Gasteiger partial charge in [-0.15, -0.1) is 0 Å². The third-order valence-electron chi connectivity index (χ3n) is 8.76. The Morgan fingerprint density at radius 1 is 0.717 bits per heavy atom. The zero-order valence-electron chi connectivity index (χ0n) is 29.1. The molecule has 0 aliphatic carbocycles. The molecule has 4 unspecified atom stereocenters. The molecule has 4 atom stereocenters. The number of ether oxygens (including phenoxy) is 4. The minimum atomic E-state index is -0.256. The summed E-state index contributed by atoms with van der Waals surface area (Å²) in [5.41, 5.74) is 0.283. The topological polar surface area (TPSA) is 54.0 Å². The van der Waals surface area contributed by atoms with E-state index in [0.29, 0.717) is 65.4 Å². The van der Waals surface area contributed by atoms with Gasteiger partial charge in [0.1, 0.15) is 23.0 Å². The van der Waals surface area contributed by atoms with Crippen LogP contribution in [0.4, 0.5) is 0 Å². The van der Waals surface area contributed by atoms with Crippen molar-refractivity contribution in [3.8, 4) is 23.0 Å². The van der Waals surface area contributed by atoms with Crippen molar-refractivity contribution < 1.29 is 23.7 Å². The molecule has 0 aliphatic rings. The van der Waals surface area contributed by atoms with E-state index in [1.54, 1.807) is 25.3 Å². The van der Waals surface area contributed by atoms with Crippen molar-refractivity contribution in [1.29, 1.82) is 0 Å². The van der Waals surface area contributed by atoms with Crippen molar-refractivity contribution in [2.24, 2.45) is 17.8 Å². The average Bonchev–Trinajstić information content (AvgIpc) is 3.05. The fourth-order valence-corrected chi connectivity index (χ4v) is 6.87. The van der Waals surface area contributed by atoms with Gasteiger partial charge in [-0.1, -0.05) is 117 Å². The Labute approximate surface area is 299 Å². The first-order valence-electron chi connectivity index (χ1n) is 17.5. The molecule has 0 radical (unpaired) electrons. The summed E-state index contributed by atoms with van der Waals surface area (Å²) in [7, 11) is 1.31. The Kier molecular flexibility index (Phi) is 22.9. The van der Waals surface area contributed by atoms with Crippen molar-refractivity contribution in [3.63, 3.8) is 0 Å². The van der Waals surface area contributed by atoms with Gasteiger partial charge >= 0.3 is 18.9 Å². The number of rotatable bonds is 25. The monoisotopic (exact) mass is 670 g/mol. The minimum absolute atomic E-state index is 0. The van der Waals surface area contributed by atoms with Crippen molar-refractivity contribution in [3.05, 3.63) is 40.9 Å². The zero-order chi connectivity index (χ0) is 33.0. The first kappa shape index (κ1) is 42.6. The van der Waals surface area contributed by atoms with Crippen LogP contribution in [0.15, 0.2) is 30.3 Å². The van der Waals surface area contributed by atoms with E-state index in [2.05, 4.69) is 41.5 Å². The second-order valence-corrected chi connectivity index (χ2v) is 13.9. The molecule has 0 aromatic heterocycles. The van der Waals surface area contributed by atoms with Crippen LogP contribution in [-0.4, -0.2) is 51.3 Å². The molecule has 0 saturated carbocycles. The molecule has 2 aromatic rings. The van der Waals surface area contributed by atoms with Gasteiger partial charge < -0.3 is 18.9 Å².